The monoisotopic (exact) mass is 220 g/mol. The lowest BCUT2D eigenvalue weighted by Gasteiger charge is -2.08. The number of carbonyl (C=O) groups is 2. The maximum absolute atomic E-state index is 11.3. The second kappa shape index (κ2) is 4.61. The lowest BCUT2D eigenvalue weighted by atomic mass is 10.1. The van der Waals surface area contributed by atoms with Crippen LogP contribution >= 0.6 is 0 Å². The molecule has 0 aliphatic heterocycles. The number of esters is 1. The predicted octanol–water partition coefficient (Wildman–Crippen LogP) is 2.08. The van der Waals surface area contributed by atoms with E-state index in [2.05, 4.69) is 6.58 Å². The summed E-state index contributed by atoms with van der Waals surface area (Å²) in [6.45, 7) is 6.21. The topological polar surface area (TPSA) is 63.6 Å². The number of phenols is 1. The minimum Gasteiger partial charge on any atom is -0.507 e. The van der Waals surface area contributed by atoms with Gasteiger partial charge in [-0.25, -0.2) is 4.79 Å². The number of aromatic hydroxyl groups is 1. The van der Waals surface area contributed by atoms with Crippen LogP contribution in [0.4, 0.5) is 0 Å². The Labute approximate surface area is 93.2 Å². The molecule has 1 aromatic carbocycles. The molecular formula is C12H12O4. The Hall–Kier alpha value is -2.10. The molecule has 1 aromatic rings. The molecule has 0 bridgehead atoms. The fourth-order valence-electron chi connectivity index (χ4n) is 1.15. The largest absolute Gasteiger partial charge is 0.507 e. The Morgan fingerprint density at radius 3 is 2.44 bits per heavy atom. The molecule has 0 atom stereocenters. The van der Waals surface area contributed by atoms with Gasteiger partial charge in [0.25, 0.3) is 0 Å². The zero-order valence-electron chi connectivity index (χ0n) is 9.11. The fourth-order valence-corrected chi connectivity index (χ4v) is 1.15. The molecule has 4 nitrogen and oxygen atoms in total. The number of rotatable bonds is 3. The average molecular weight is 220 g/mol. The molecule has 0 spiro atoms. The van der Waals surface area contributed by atoms with Crippen LogP contribution in [0.5, 0.6) is 11.5 Å². The molecular weight excluding hydrogens is 208 g/mol. The molecule has 0 aliphatic rings. The van der Waals surface area contributed by atoms with Gasteiger partial charge in [0.15, 0.2) is 5.78 Å². The standard InChI is InChI=1S/C12H12O4/c1-7(2)12(15)16-10-6-4-5-9(14)11(10)8(3)13/h4-6,14H,1H2,2-3H3. The molecule has 1 N–H and O–H groups in total. The van der Waals surface area contributed by atoms with Gasteiger partial charge in [-0.3, -0.25) is 4.79 Å². The Morgan fingerprint density at radius 1 is 1.31 bits per heavy atom. The van der Waals surface area contributed by atoms with Crippen molar-refractivity contribution in [2.24, 2.45) is 0 Å². The summed E-state index contributed by atoms with van der Waals surface area (Å²) in [5.74, 6) is -1.17. The highest BCUT2D eigenvalue weighted by Gasteiger charge is 2.16. The molecule has 0 aromatic heterocycles. The first-order valence-corrected chi connectivity index (χ1v) is 4.64. The molecule has 0 amide bonds. The lowest BCUT2D eigenvalue weighted by Crippen LogP contribution is -2.10. The van der Waals surface area contributed by atoms with E-state index < -0.39 is 5.97 Å². The van der Waals surface area contributed by atoms with Crippen LogP contribution in [0.3, 0.4) is 0 Å². The van der Waals surface area contributed by atoms with Crippen molar-refractivity contribution in [1.82, 2.24) is 0 Å². The Bertz CT molecular complexity index is 460. The van der Waals surface area contributed by atoms with Crippen molar-refractivity contribution in [3.63, 3.8) is 0 Å². The highest BCUT2D eigenvalue weighted by atomic mass is 16.5. The highest BCUT2D eigenvalue weighted by molar-refractivity contribution is 6.00. The van der Waals surface area contributed by atoms with Crippen LogP contribution in [0.2, 0.25) is 0 Å². The molecule has 4 heteroatoms. The van der Waals surface area contributed by atoms with E-state index in [1.807, 2.05) is 0 Å². The number of benzene rings is 1. The van der Waals surface area contributed by atoms with Crippen LogP contribution in [-0.4, -0.2) is 16.9 Å². The van der Waals surface area contributed by atoms with Gasteiger partial charge in [0.1, 0.15) is 17.1 Å². The van der Waals surface area contributed by atoms with E-state index in [1.165, 1.54) is 32.0 Å². The van der Waals surface area contributed by atoms with Crippen LogP contribution in [-0.2, 0) is 4.79 Å². The van der Waals surface area contributed by atoms with E-state index in [9.17, 15) is 14.7 Å². The number of phenolic OH excluding ortho intramolecular Hbond substituents is 1. The minimum atomic E-state index is -0.631. The number of hydrogen-bond acceptors (Lipinski definition) is 4. The maximum Gasteiger partial charge on any atom is 0.338 e. The van der Waals surface area contributed by atoms with Crippen LogP contribution in [0.25, 0.3) is 0 Å². The van der Waals surface area contributed by atoms with Crippen molar-refractivity contribution in [3.05, 3.63) is 35.9 Å². The molecule has 0 unspecified atom stereocenters. The second-order valence-electron chi connectivity index (χ2n) is 3.38. The lowest BCUT2D eigenvalue weighted by molar-refractivity contribution is -0.130. The van der Waals surface area contributed by atoms with Gasteiger partial charge in [0.05, 0.1) is 0 Å². The van der Waals surface area contributed by atoms with E-state index in [1.54, 1.807) is 0 Å². The SMILES string of the molecule is C=C(C)C(=O)Oc1cccc(O)c1C(C)=O. The van der Waals surface area contributed by atoms with Gasteiger partial charge < -0.3 is 9.84 Å². The van der Waals surface area contributed by atoms with Gasteiger partial charge in [-0.2, -0.15) is 0 Å². The Balaban J connectivity index is 3.14. The number of Topliss-reactive ketones (excluding diaryl/α,β-unsaturated/α-hetero) is 1. The van der Waals surface area contributed by atoms with Crippen molar-refractivity contribution in [2.75, 3.05) is 0 Å². The molecule has 0 saturated carbocycles. The molecule has 0 fully saturated rings. The molecule has 0 heterocycles. The average Bonchev–Trinajstić information content (AvgIpc) is 2.16. The normalized spacial score (nSPS) is 9.62. The van der Waals surface area contributed by atoms with Gasteiger partial charge in [0, 0.05) is 5.57 Å². The number of ketones is 1. The third kappa shape index (κ3) is 2.48. The van der Waals surface area contributed by atoms with Gasteiger partial charge in [-0.05, 0) is 26.0 Å². The first-order chi connectivity index (χ1) is 7.43. The molecule has 16 heavy (non-hydrogen) atoms. The summed E-state index contributed by atoms with van der Waals surface area (Å²) in [5.41, 5.74) is 0.218. The predicted molar refractivity (Wildman–Crippen MR) is 58.6 cm³/mol. The Kier molecular flexibility index (Phi) is 3.45. The van der Waals surface area contributed by atoms with Crippen molar-refractivity contribution >= 4 is 11.8 Å². The number of ether oxygens (including phenoxy) is 1. The van der Waals surface area contributed by atoms with E-state index in [0.29, 0.717) is 0 Å². The van der Waals surface area contributed by atoms with Gasteiger partial charge in [-0.1, -0.05) is 12.6 Å². The Morgan fingerprint density at radius 2 is 1.94 bits per heavy atom. The first kappa shape index (κ1) is 12.0. The summed E-state index contributed by atoms with van der Waals surface area (Å²) < 4.78 is 4.93. The summed E-state index contributed by atoms with van der Waals surface area (Å²) in [5, 5.41) is 9.48. The second-order valence-corrected chi connectivity index (χ2v) is 3.38. The molecule has 0 aliphatic carbocycles. The van der Waals surface area contributed by atoms with Crippen LogP contribution in [0.15, 0.2) is 30.4 Å². The van der Waals surface area contributed by atoms with Gasteiger partial charge >= 0.3 is 5.97 Å². The summed E-state index contributed by atoms with van der Waals surface area (Å²) in [6, 6.07) is 4.29. The molecule has 0 radical (unpaired) electrons. The fraction of sp³-hybridized carbons (Fsp3) is 0.167. The van der Waals surface area contributed by atoms with Crippen LogP contribution in [0.1, 0.15) is 24.2 Å². The molecule has 84 valence electrons. The van der Waals surface area contributed by atoms with Crippen molar-refractivity contribution in [2.45, 2.75) is 13.8 Å². The minimum absolute atomic E-state index is 0.00269. The summed E-state index contributed by atoms with van der Waals surface area (Å²) in [4.78, 5) is 22.5. The van der Waals surface area contributed by atoms with E-state index in [-0.39, 0.29) is 28.4 Å². The van der Waals surface area contributed by atoms with E-state index in [0.717, 1.165) is 0 Å². The quantitative estimate of drug-likeness (QED) is 0.366. The molecule has 0 saturated heterocycles. The van der Waals surface area contributed by atoms with Crippen LogP contribution in [0, 0.1) is 0 Å². The third-order valence-corrected chi connectivity index (χ3v) is 1.91. The van der Waals surface area contributed by atoms with Gasteiger partial charge in [0.2, 0.25) is 0 Å². The highest BCUT2D eigenvalue weighted by Crippen LogP contribution is 2.28. The summed E-state index contributed by atoms with van der Waals surface area (Å²) in [6.07, 6.45) is 0. The van der Waals surface area contributed by atoms with E-state index >= 15 is 0 Å². The van der Waals surface area contributed by atoms with Crippen LogP contribution < -0.4 is 4.74 Å². The number of carbonyl (C=O) groups excluding carboxylic acids is 2. The maximum atomic E-state index is 11.3. The van der Waals surface area contributed by atoms with E-state index in [4.69, 9.17) is 4.74 Å². The smallest absolute Gasteiger partial charge is 0.338 e. The van der Waals surface area contributed by atoms with Crippen molar-refractivity contribution < 1.29 is 19.4 Å². The summed E-state index contributed by atoms with van der Waals surface area (Å²) in [7, 11) is 0. The van der Waals surface area contributed by atoms with Crippen molar-refractivity contribution in [3.8, 4) is 11.5 Å². The third-order valence-electron chi connectivity index (χ3n) is 1.91. The zero-order chi connectivity index (χ0) is 12.3. The summed E-state index contributed by atoms with van der Waals surface area (Å²) >= 11 is 0. The van der Waals surface area contributed by atoms with Gasteiger partial charge in [-0.15, -0.1) is 0 Å². The number of hydrogen-bond donors (Lipinski definition) is 1. The van der Waals surface area contributed by atoms with Crippen molar-refractivity contribution in [1.29, 1.82) is 0 Å². The molecule has 1 rings (SSSR count). The zero-order valence-corrected chi connectivity index (χ0v) is 9.11. The first-order valence-electron chi connectivity index (χ1n) is 4.64.